The van der Waals surface area contributed by atoms with Crippen LogP contribution in [0.25, 0.3) is 0 Å². The summed E-state index contributed by atoms with van der Waals surface area (Å²) in [5, 5.41) is 17.0. The molecule has 0 aromatic rings. The fraction of sp³-hybridized carbons (Fsp3) is 0.857. The quantitative estimate of drug-likeness (QED) is 0.614. The van der Waals surface area contributed by atoms with Crippen molar-refractivity contribution in [2.75, 3.05) is 6.61 Å². The summed E-state index contributed by atoms with van der Waals surface area (Å²) in [6, 6.07) is 0. The predicted octanol–water partition coefficient (Wildman–Crippen LogP) is 0.726. The van der Waals surface area contributed by atoms with Crippen molar-refractivity contribution in [3.63, 3.8) is 0 Å². The first-order chi connectivity index (χ1) is 4.57. The van der Waals surface area contributed by atoms with Crippen LogP contribution in [0.4, 0.5) is 0 Å². The van der Waals surface area contributed by atoms with Crippen molar-refractivity contribution in [1.82, 2.24) is 0 Å². The maximum atomic E-state index is 10.2. The van der Waals surface area contributed by atoms with Gasteiger partial charge in [-0.3, -0.25) is 4.79 Å². The van der Waals surface area contributed by atoms with Gasteiger partial charge in [0.25, 0.3) is 0 Å². The fourth-order valence-electron chi connectivity index (χ4n) is 0.735. The minimum Gasteiger partial charge on any atom is -0.481 e. The molecule has 0 heterocycles. The van der Waals surface area contributed by atoms with Crippen molar-refractivity contribution >= 4 is 5.97 Å². The third-order valence-corrected chi connectivity index (χ3v) is 1.61. The Morgan fingerprint density at radius 3 is 2.10 bits per heavy atom. The monoisotopic (exact) mass is 146 g/mol. The van der Waals surface area contributed by atoms with E-state index in [1.165, 1.54) is 0 Å². The molecule has 10 heavy (non-hydrogen) atoms. The van der Waals surface area contributed by atoms with Crippen LogP contribution in [0.5, 0.6) is 0 Å². The van der Waals surface area contributed by atoms with Crippen molar-refractivity contribution in [3.8, 4) is 0 Å². The Labute approximate surface area is 60.7 Å². The van der Waals surface area contributed by atoms with Crippen molar-refractivity contribution in [2.45, 2.75) is 20.3 Å². The first kappa shape index (κ1) is 9.43. The van der Waals surface area contributed by atoms with E-state index in [4.69, 9.17) is 10.2 Å². The molecule has 0 aliphatic carbocycles. The lowest BCUT2D eigenvalue weighted by Gasteiger charge is -2.14. The first-order valence-electron chi connectivity index (χ1n) is 3.40. The van der Waals surface area contributed by atoms with Gasteiger partial charge >= 0.3 is 5.97 Å². The SMILES string of the molecule is CC(C)[C@@H](CO)CC(=O)O. The summed E-state index contributed by atoms with van der Waals surface area (Å²) < 4.78 is 0. The summed E-state index contributed by atoms with van der Waals surface area (Å²) in [6.45, 7) is 3.78. The first-order valence-corrected chi connectivity index (χ1v) is 3.40. The lowest BCUT2D eigenvalue weighted by atomic mass is 9.94. The number of carbonyl (C=O) groups is 1. The van der Waals surface area contributed by atoms with E-state index in [2.05, 4.69) is 0 Å². The van der Waals surface area contributed by atoms with E-state index in [0.717, 1.165) is 0 Å². The van der Waals surface area contributed by atoms with Crippen molar-refractivity contribution in [2.24, 2.45) is 11.8 Å². The van der Waals surface area contributed by atoms with Crippen LogP contribution in [0.2, 0.25) is 0 Å². The van der Waals surface area contributed by atoms with Crippen molar-refractivity contribution in [3.05, 3.63) is 0 Å². The van der Waals surface area contributed by atoms with E-state index in [1.807, 2.05) is 13.8 Å². The standard InChI is InChI=1S/C7H14O3/c1-5(2)6(4-8)3-7(9)10/h5-6,8H,3-4H2,1-2H3,(H,9,10)/t6-/m1/s1. The van der Waals surface area contributed by atoms with Crippen LogP contribution in [0.1, 0.15) is 20.3 Å². The Morgan fingerprint density at radius 2 is 2.00 bits per heavy atom. The highest BCUT2D eigenvalue weighted by Gasteiger charge is 2.15. The summed E-state index contributed by atoms with van der Waals surface area (Å²) in [5.74, 6) is -0.702. The minimum atomic E-state index is -0.840. The molecule has 60 valence electrons. The second-order valence-electron chi connectivity index (χ2n) is 2.78. The van der Waals surface area contributed by atoms with Crippen LogP contribution in [-0.2, 0) is 4.79 Å². The van der Waals surface area contributed by atoms with Crippen LogP contribution >= 0.6 is 0 Å². The van der Waals surface area contributed by atoms with Crippen LogP contribution in [0.3, 0.4) is 0 Å². The van der Waals surface area contributed by atoms with E-state index in [9.17, 15) is 4.79 Å². The number of hydrogen-bond acceptors (Lipinski definition) is 2. The molecule has 3 nitrogen and oxygen atoms in total. The molecule has 0 fully saturated rings. The molecule has 0 aliphatic heterocycles. The molecule has 0 aromatic carbocycles. The van der Waals surface area contributed by atoms with E-state index in [1.54, 1.807) is 0 Å². The van der Waals surface area contributed by atoms with E-state index < -0.39 is 5.97 Å². The van der Waals surface area contributed by atoms with Crippen molar-refractivity contribution < 1.29 is 15.0 Å². The third kappa shape index (κ3) is 3.45. The van der Waals surface area contributed by atoms with Gasteiger partial charge in [0.15, 0.2) is 0 Å². The lowest BCUT2D eigenvalue weighted by molar-refractivity contribution is -0.138. The highest BCUT2D eigenvalue weighted by Crippen LogP contribution is 2.13. The molecule has 2 N–H and O–H groups in total. The molecule has 3 heteroatoms. The molecule has 0 aromatic heterocycles. The molecule has 0 rings (SSSR count). The van der Waals surface area contributed by atoms with Crippen LogP contribution in [0, 0.1) is 11.8 Å². The zero-order valence-corrected chi connectivity index (χ0v) is 6.37. The molecule has 1 atom stereocenters. The smallest absolute Gasteiger partial charge is 0.303 e. The van der Waals surface area contributed by atoms with Gasteiger partial charge in [-0.1, -0.05) is 13.8 Å². The van der Waals surface area contributed by atoms with Gasteiger partial charge in [0, 0.05) is 6.61 Å². The van der Waals surface area contributed by atoms with E-state index in [0.29, 0.717) is 0 Å². The van der Waals surface area contributed by atoms with E-state index >= 15 is 0 Å². The van der Waals surface area contributed by atoms with Gasteiger partial charge in [0.1, 0.15) is 0 Å². The third-order valence-electron chi connectivity index (χ3n) is 1.61. The molecule has 0 amide bonds. The highest BCUT2D eigenvalue weighted by atomic mass is 16.4. The normalized spacial score (nSPS) is 13.6. The van der Waals surface area contributed by atoms with Gasteiger partial charge in [-0.25, -0.2) is 0 Å². The Balaban J connectivity index is 3.71. The fourth-order valence-corrected chi connectivity index (χ4v) is 0.735. The second-order valence-corrected chi connectivity index (χ2v) is 2.78. The van der Waals surface area contributed by atoms with Gasteiger partial charge in [0.2, 0.25) is 0 Å². The highest BCUT2D eigenvalue weighted by molar-refractivity contribution is 5.67. The number of aliphatic hydroxyl groups is 1. The van der Waals surface area contributed by atoms with Gasteiger partial charge in [0.05, 0.1) is 6.42 Å². The molecule has 0 unspecified atom stereocenters. The number of aliphatic hydroxyl groups excluding tert-OH is 1. The minimum absolute atomic E-state index is 0.0377. The topological polar surface area (TPSA) is 57.5 Å². The predicted molar refractivity (Wildman–Crippen MR) is 37.7 cm³/mol. The lowest BCUT2D eigenvalue weighted by Crippen LogP contribution is -2.17. The average molecular weight is 146 g/mol. The molecular weight excluding hydrogens is 132 g/mol. The Hall–Kier alpha value is -0.570. The summed E-state index contributed by atoms with van der Waals surface area (Å²) in [5.41, 5.74) is 0. The van der Waals surface area contributed by atoms with Gasteiger partial charge in [-0.05, 0) is 11.8 Å². The van der Waals surface area contributed by atoms with Crippen LogP contribution < -0.4 is 0 Å². The number of aliphatic carboxylic acids is 1. The summed E-state index contributed by atoms with van der Waals surface area (Å²) in [6.07, 6.45) is 0.0637. The van der Waals surface area contributed by atoms with Crippen molar-refractivity contribution in [1.29, 1.82) is 0 Å². The number of carboxylic acids is 1. The van der Waals surface area contributed by atoms with Crippen LogP contribution in [-0.4, -0.2) is 22.8 Å². The summed E-state index contributed by atoms with van der Waals surface area (Å²) in [7, 11) is 0. The summed E-state index contributed by atoms with van der Waals surface area (Å²) >= 11 is 0. The maximum absolute atomic E-state index is 10.2. The zero-order valence-electron chi connectivity index (χ0n) is 6.37. The molecule has 0 bridgehead atoms. The maximum Gasteiger partial charge on any atom is 0.303 e. The molecule has 0 saturated carbocycles. The van der Waals surface area contributed by atoms with Gasteiger partial charge in [-0.2, -0.15) is 0 Å². The average Bonchev–Trinajstić information content (AvgIpc) is 1.81. The zero-order chi connectivity index (χ0) is 8.15. The number of rotatable bonds is 4. The number of hydrogen-bond donors (Lipinski definition) is 2. The molecule has 0 aliphatic rings. The van der Waals surface area contributed by atoms with Crippen LogP contribution in [0.15, 0.2) is 0 Å². The summed E-state index contributed by atoms with van der Waals surface area (Å²) in [4.78, 5) is 10.2. The van der Waals surface area contributed by atoms with E-state index in [-0.39, 0.29) is 24.9 Å². The molecular formula is C7H14O3. The largest absolute Gasteiger partial charge is 0.481 e. The number of carboxylic acid groups (broad SMARTS) is 1. The Kier molecular flexibility index (Phi) is 4.03. The second kappa shape index (κ2) is 4.28. The van der Waals surface area contributed by atoms with Gasteiger partial charge in [-0.15, -0.1) is 0 Å². The molecule has 0 saturated heterocycles. The van der Waals surface area contributed by atoms with Gasteiger partial charge < -0.3 is 10.2 Å². The molecule has 0 spiro atoms. The Bertz CT molecular complexity index is 109. The molecule has 0 radical (unpaired) electrons. The Morgan fingerprint density at radius 1 is 1.50 bits per heavy atom.